The molecule has 0 unspecified atom stereocenters. The lowest BCUT2D eigenvalue weighted by atomic mass is 10.3. The van der Waals surface area contributed by atoms with E-state index in [1.165, 1.54) is 45.3 Å². The Morgan fingerprint density at radius 2 is 1.50 bits per heavy atom. The summed E-state index contributed by atoms with van der Waals surface area (Å²) >= 11 is 4.30. The van der Waals surface area contributed by atoms with Gasteiger partial charge in [0.2, 0.25) is 0 Å². The molecule has 0 saturated heterocycles. The summed E-state index contributed by atoms with van der Waals surface area (Å²) in [6, 6.07) is 0. The highest BCUT2D eigenvalue weighted by Crippen LogP contribution is 2.33. The first-order valence-corrected chi connectivity index (χ1v) is 5.85. The Balaban J connectivity index is 1.66. The van der Waals surface area contributed by atoms with Crippen molar-refractivity contribution in [3.8, 4) is 0 Å². The van der Waals surface area contributed by atoms with Crippen LogP contribution in [0.2, 0.25) is 0 Å². The van der Waals surface area contributed by atoms with Gasteiger partial charge in [0, 0.05) is 25.4 Å². The second-order valence-electron chi connectivity index (χ2n) is 4.37. The lowest BCUT2D eigenvalue weighted by Crippen LogP contribution is -2.30. The molecule has 0 spiro atoms. The topological polar surface area (TPSA) is 3.24 Å². The molecule has 1 nitrogen and oxygen atoms in total. The van der Waals surface area contributed by atoms with Crippen molar-refractivity contribution in [3.63, 3.8) is 0 Å². The molecular weight excluding hydrogens is 166 g/mol. The van der Waals surface area contributed by atoms with Crippen LogP contribution in [0.1, 0.15) is 25.7 Å². The Morgan fingerprint density at radius 3 is 1.83 bits per heavy atom. The van der Waals surface area contributed by atoms with E-state index in [9.17, 15) is 0 Å². The third-order valence-electron chi connectivity index (χ3n) is 2.84. The van der Waals surface area contributed by atoms with Crippen molar-refractivity contribution in [2.24, 2.45) is 11.8 Å². The zero-order valence-electron chi connectivity index (χ0n) is 7.71. The fourth-order valence-corrected chi connectivity index (χ4v) is 2.01. The van der Waals surface area contributed by atoms with Crippen LogP contribution in [-0.2, 0) is 0 Å². The largest absolute Gasteiger partial charge is 0.302 e. The maximum atomic E-state index is 4.30. The van der Waals surface area contributed by atoms with Gasteiger partial charge in [0.25, 0.3) is 0 Å². The molecule has 2 rings (SSSR count). The molecule has 2 fully saturated rings. The molecule has 0 atom stereocenters. The average molecular weight is 185 g/mol. The predicted octanol–water partition coefficient (Wildman–Crippen LogP) is 2.04. The summed E-state index contributed by atoms with van der Waals surface area (Å²) in [4.78, 5) is 2.63. The molecule has 2 heteroatoms. The molecule has 0 N–H and O–H groups in total. The van der Waals surface area contributed by atoms with Gasteiger partial charge in [-0.3, -0.25) is 0 Å². The van der Waals surface area contributed by atoms with Crippen LogP contribution >= 0.6 is 12.6 Å². The molecule has 2 aliphatic rings. The van der Waals surface area contributed by atoms with Gasteiger partial charge >= 0.3 is 0 Å². The highest BCUT2D eigenvalue weighted by atomic mass is 32.1. The van der Waals surface area contributed by atoms with Crippen molar-refractivity contribution in [1.29, 1.82) is 0 Å². The van der Waals surface area contributed by atoms with E-state index >= 15 is 0 Å². The van der Waals surface area contributed by atoms with E-state index in [0.717, 1.165) is 17.6 Å². The second-order valence-corrected chi connectivity index (χ2v) is 4.82. The maximum Gasteiger partial charge on any atom is 0.00701 e. The molecule has 0 aromatic heterocycles. The normalized spacial score (nSPS) is 23.5. The minimum atomic E-state index is 1.03. The van der Waals surface area contributed by atoms with Gasteiger partial charge < -0.3 is 4.90 Å². The zero-order chi connectivity index (χ0) is 8.39. The van der Waals surface area contributed by atoms with Crippen LogP contribution in [0.15, 0.2) is 0 Å². The van der Waals surface area contributed by atoms with Crippen molar-refractivity contribution in [2.45, 2.75) is 25.7 Å². The highest BCUT2D eigenvalue weighted by molar-refractivity contribution is 7.80. The fraction of sp³-hybridized carbons (Fsp3) is 1.00. The van der Waals surface area contributed by atoms with Crippen LogP contribution in [0.5, 0.6) is 0 Å². The van der Waals surface area contributed by atoms with Crippen LogP contribution < -0.4 is 0 Å². The Morgan fingerprint density at radius 1 is 1.00 bits per heavy atom. The second kappa shape index (κ2) is 4.01. The summed E-state index contributed by atoms with van der Waals surface area (Å²) in [5.41, 5.74) is 0. The molecule has 0 radical (unpaired) electrons. The minimum absolute atomic E-state index is 1.03. The molecular formula is C10H19NS. The van der Waals surface area contributed by atoms with Gasteiger partial charge in [0.1, 0.15) is 0 Å². The highest BCUT2D eigenvalue weighted by Gasteiger charge is 2.28. The fourth-order valence-electron chi connectivity index (χ4n) is 1.73. The van der Waals surface area contributed by atoms with Gasteiger partial charge in [-0.1, -0.05) is 0 Å². The predicted molar refractivity (Wildman–Crippen MR) is 55.7 cm³/mol. The van der Waals surface area contributed by atoms with Gasteiger partial charge in [0.15, 0.2) is 0 Å². The standard InChI is InChI=1S/C10H19NS/c12-6-5-11(7-9-1-2-9)8-10-3-4-10/h9-10,12H,1-8H2. The van der Waals surface area contributed by atoms with Crippen molar-refractivity contribution in [3.05, 3.63) is 0 Å². The van der Waals surface area contributed by atoms with Gasteiger partial charge in [0.05, 0.1) is 0 Å². The molecule has 0 aromatic carbocycles. The van der Waals surface area contributed by atoms with Gasteiger partial charge in [-0.05, 0) is 37.5 Å². The summed E-state index contributed by atoms with van der Waals surface area (Å²) in [5.74, 6) is 3.12. The summed E-state index contributed by atoms with van der Waals surface area (Å²) in [7, 11) is 0. The first-order valence-electron chi connectivity index (χ1n) is 5.21. The smallest absolute Gasteiger partial charge is 0.00701 e. The molecule has 0 amide bonds. The number of hydrogen-bond acceptors (Lipinski definition) is 2. The Bertz CT molecular complexity index is 127. The van der Waals surface area contributed by atoms with E-state index in [4.69, 9.17) is 0 Å². The molecule has 12 heavy (non-hydrogen) atoms. The van der Waals surface area contributed by atoms with Crippen LogP contribution in [0.4, 0.5) is 0 Å². The van der Waals surface area contributed by atoms with Gasteiger partial charge in [-0.25, -0.2) is 0 Å². The monoisotopic (exact) mass is 185 g/mol. The Labute approximate surface area is 80.9 Å². The molecule has 0 aliphatic heterocycles. The molecule has 0 heterocycles. The third kappa shape index (κ3) is 2.98. The Kier molecular flexibility index (Phi) is 2.97. The van der Waals surface area contributed by atoms with Crippen molar-refractivity contribution in [1.82, 2.24) is 4.90 Å². The van der Waals surface area contributed by atoms with Crippen molar-refractivity contribution < 1.29 is 0 Å². The first-order chi connectivity index (χ1) is 5.88. The van der Waals surface area contributed by atoms with E-state index < -0.39 is 0 Å². The van der Waals surface area contributed by atoms with Crippen LogP contribution in [0.3, 0.4) is 0 Å². The molecule has 0 bridgehead atoms. The van der Waals surface area contributed by atoms with E-state index in [1.807, 2.05) is 0 Å². The third-order valence-corrected chi connectivity index (χ3v) is 3.04. The number of rotatable bonds is 6. The van der Waals surface area contributed by atoms with Crippen molar-refractivity contribution >= 4 is 12.6 Å². The lowest BCUT2D eigenvalue weighted by molar-refractivity contribution is 0.268. The van der Waals surface area contributed by atoms with Gasteiger partial charge in [-0.15, -0.1) is 0 Å². The van der Waals surface area contributed by atoms with E-state index in [1.54, 1.807) is 0 Å². The molecule has 0 aromatic rings. The number of hydrogen-bond donors (Lipinski definition) is 1. The van der Waals surface area contributed by atoms with E-state index in [-0.39, 0.29) is 0 Å². The average Bonchev–Trinajstić information content (AvgIpc) is 2.82. The SMILES string of the molecule is SCCN(CC1CC1)CC1CC1. The summed E-state index contributed by atoms with van der Waals surface area (Å²) < 4.78 is 0. The Hall–Kier alpha value is 0.310. The molecule has 70 valence electrons. The van der Waals surface area contributed by atoms with Crippen LogP contribution in [-0.4, -0.2) is 30.3 Å². The first kappa shape index (κ1) is 8.89. The van der Waals surface area contributed by atoms with Crippen LogP contribution in [0.25, 0.3) is 0 Å². The molecule has 2 aliphatic carbocycles. The summed E-state index contributed by atoms with van der Waals surface area (Å²) in [6.07, 6.45) is 5.92. The minimum Gasteiger partial charge on any atom is -0.302 e. The maximum absolute atomic E-state index is 4.30. The van der Waals surface area contributed by atoms with Crippen LogP contribution in [0, 0.1) is 11.8 Å². The summed E-state index contributed by atoms with van der Waals surface area (Å²) in [5, 5.41) is 0. The lowest BCUT2D eigenvalue weighted by Gasteiger charge is -2.20. The van der Waals surface area contributed by atoms with E-state index in [2.05, 4.69) is 17.5 Å². The zero-order valence-corrected chi connectivity index (χ0v) is 8.60. The number of thiol groups is 1. The van der Waals surface area contributed by atoms with Gasteiger partial charge in [-0.2, -0.15) is 12.6 Å². The number of nitrogens with zero attached hydrogens (tertiary/aromatic N) is 1. The quantitative estimate of drug-likeness (QED) is 0.620. The van der Waals surface area contributed by atoms with Crippen molar-refractivity contribution in [2.75, 3.05) is 25.4 Å². The molecule has 2 saturated carbocycles. The van der Waals surface area contributed by atoms with E-state index in [0.29, 0.717) is 0 Å². The summed E-state index contributed by atoms with van der Waals surface area (Å²) in [6.45, 7) is 3.92.